The van der Waals surface area contributed by atoms with E-state index < -0.39 is 23.7 Å². The molecule has 0 bridgehead atoms. The van der Waals surface area contributed by atoms with Gasteiger partial charge < -0.3 is 15.7 Å². The second-order valence-electron chi connectivity index (χ2n) is 3.99. The van der Waals surface area contributed by atoms with Gasteiger partial charge >= 0.3 is 5.97 Å². The summed E-state index contributed by atoms with van der Waals surface area (Å²) in [5.74, 6) is -1.98. The molecule has 3 N–H and O–H groups in total. The van der Waals surface area contributed by atoms with E-state index in [1.807, 2.05) is 0 Å². The number of carbonyl (C=O) groups is 2. The topological polar surface area (TPSA) is 78.4 Å². The molecule has 0 radical (unpaired) electrons. The number of aryl methyl sites for hydroxylation is 1. The van der Waals surface area contributed by atoms with Crippen molar-refractivity contribution in [2.45, 2.75) is 19.9 Å². The van der Waals surface area contributed by atoms with Crippen LogP contribution in [0.3, 0.4) is 0 Å². The van der Waals surface area contributed by atoms with E-state index in [1.54, 1.807) is 13.0 Å². The second-order valence-corrected chi connectivity index (χ2v) is 3.99. The van der Waals surface area contributed by atoms with Crippen LogP contribution in [0.2, 0.25) is 0 Å². The Balaban J connectivity index is 2.66. The maximum Gasteiger partial charge on any atom is 0.328 e. The van der Waals surface area contributed by atoms with Crippen LogP contribution in [-0.2, 0) is 9.59 Å². The summed E-state index contributed by atoms with van der Waals surface area (Å²) in [7, 11) is 0. The molecule has 1 atom stereocenters. The van der Waals surface area contributed by atoms with E-state index in [9.17, 15) is 14.0 Å². The summed E-state index contributed by atoms with van der Waals surface area (Å²) in [6.45, 7) is 2.96. The number of carboxylic acid groups (broad SMARTS) is 1. The average molecular weight is 254 g/mol. The molecule has 0 spiro atoms. The molecule has 0 fully saturated rings. The van der Waals surface area contributed by atoms with Crippen LogP contribution in [0.4, 0.5) is 10.1 Å². The third-order valence-electron chi connectivity index (χ3n) is 2.23. The number of hydrogen-bond donors (Lipinski definition) is 3. The van der Waals surface area contributed by atoms with E-state index in [2.05, 4.69) is 10.6 Å². The van der Waals surface area contributed by atoms with Gasteiger partial charge in [-0.3, -0.25) is 4.79 Å². The number of hydrogen-bond acceptors (Lipinski definition) is 3. The van der Waals surface area contributed by atoms with Crippen LogP contribution in [0.1, 0.15) is 12.5 Å². The van der Waals surface area contributed by atoms with Crippen molar-refractivity contribution in [3.05, 3.63) is 29.6 Å². The number of benzene rings is 1. The fourth-order valence-electron chi connectivity index (χ4n) is 1.50. The monoisotopic (exact) mass is 254 g/mol. The maximum absolute atomic E-state index is 13.1. The van der Waals surface area contributed by atoms with Crippen molar-refractivity contribution in [2.24, 2.45) is 0 Å². The zero-order chi connectivity index (χ0) is 13.7. The van der Waals surface area contributed by atoms with Crippen molar-refractivity contribution in [1.82, 2.24) is 5.32 Å². The number of rotatable bonds is 5. The highest BCUT2D eigenvalue weighted by Crippen LogP contribution is 2.13. The van der Waals surface area contributed by atoms with Gasteiger partial charge in [0.05, 0.1) is 0 Å². The molecule has 0 heterocycles. The SMILES string of the molecule is CC(=O)NC(CNc1cc(C)cc(F)c1)C(=O)O. The minimum absolute atomic E-state index is 0.0161. The van der Waals surface area contributed by atoms with Crippen LogP contribution >= 0.6 is 0 Å². The van der Waals surface area contributed by atoms with Gasteiger partial charge in [0.25, 0.3) is 0 Å². The zero-order valence-electron chi connectivity index (χ0n) is 10.2. The molecule has 6 heteroatoms. The van der Waals surface area contributed by atoms with Gasteiger partial charge in [-0.1, -0.05) is 0 Å². The minimum Gasteiger partial charge on any atom is -0.480 e. The van der Waals surface area contributed by atoms with Gasteiger partial charge in [0.15, 0.2) is 0 Å². The van der Waals surface area contributed by atoms with E-state index in [0.29, 0.717) is 5.69 Å². The first-order valence-electron chi connectivity index (χ1n) is 5.39. The smallest absolute Gasteiger partial charge is 0.328 e. The molecule has 0 aromatic heterocycles. The predicted octanol–water partition coefficient (Wildman–Crippen LogP) is 1.14. The molecule has 0 aliphatic heterocycles. The van der Waals surface area contributed by atoms with Gasteiger partial charge in [-0.2, -0.15) is 0 Å². The Bertz CT molecular complexity index is 442. The van der Waals surface area contributed by atoms with Crippen molar-refractivity contribution in [3.8, 4) is 0 Å². The Morgan fingerprint density at radius 3 is 2.56 bits per heavy atom. The van der Waals surface area contributed by atoms with Gasteiger partial charge in [-0.15, -0.1) is 0 Å². The third kappa shape index (κ3) is 4.40. The summed E-state index contributed by atoms with van der Waals surface area (Å²) in [6, 6.07) is 3.27. The number of carbonyl (C=O) groups excluding carboxylic acids is 1. The first-order chi connectivity index (χ1) is 8.38. The molecule has 1 unspecified atom stereocenters. The van der Waals surface area contributed by atoms with Gasteiger partial charge in [-0.05, 0) is 30.7 Å². The lowest BCUT2D eigenvalue weighted by atomic mass is 10.2. The fourth-order valence-corrected chi connectivity index (χ4v) is 1.50. The molecule has 18 heavy (non-hydrogen) atoms. The van der Waals surface area contributed by atoms with E-state index in [4.69, 9.17) is 5.11 Å². The molecule has 1 aromatic rings. The van der Waals surface area contributed by atoms with Crippen LogP contribution in [0, 0.1) is 12.7 Å². The lowest BCUT2D eigenvalue weighted by Crippen LogP contribution is -2.44. The number of nitrogens with one attached hydrogen (secondary N) is 2. The number of halogens is 1. The summed E-state index contributed by atoms with van der Waals surface area (Å²) >= 11 is 0. The average Bonchev–Trinajstić information content (AvgIpc) is 2.21. The lowest BCUT2D eigenvalue weighted by Gasteiger charge is -2.15. The first kappa shape index (κ1) is 14.0. The normalized spacial score (nSPS) is 11.7. The molecule has 98 valence electrons. The number of aliphatic carboxylic acids is 1. The lowest BCUT2D eigenvalue weighted by molar-refractivity contribution is -0.141. The van der Waals surface area contributed by atoms with Crippen LogP contribution in [0.15, 0.2) is 18.2 Å². The van der Waals surface area contributed by atoms with E-state index in [1.165, 1.54) is 19.1 Å². The van der Waals surface area contributed by atoms with Gasteiger partial charge in [0.2, 0.25) is 5.91 Å². The molecule has 0 saturated heterocycles. The molecular weight excluding hydrogens is 239 g/mol. The Morgan fingerprint density at radius 2 is 2.06 bits per heavy atom. The van der Waals surface area contributed by atoms with Crippen LogP contribution in [-0.4, -0.2) is 29.6 Å². The van der Waals surface area contributed by atoms with Crippen LogP contribution in [0.25, 0.3) is 0 Å². The zero-order valence-corrected chi connectivity index (χ0v) is 10.2. The molecule has 5 nitrogen and oxygen atoms in total. The highest BCUT2D eigenvalue weighted by Gasteiger charge is 2.17. The minimum atomic E-state index is -1.15. The molecule has 1 aromatic carbocycles. The van der Waals surface area contributed by atoms with Gasteiger partial charge in [0.1, 0.15) is 11.9 Å². The fraction of sp³-hybridized carbons (Fsp3) is 0.333. The van der Waals surface area contributed by atoms with E-state index >= 15 is 0 Å². The van der Waals surface area contributed by atoms with Crippen LogP contribution in [0.5, 0.6) is 0 Å². The second kappa shape index (κ2) is 6.00. The Labute approximate surface area is 104 Å². The Morgan fingerprint density at radius 1 is 1.39 bits per heavy atom. The summed E-state index contributed by atoms with van der Waals surface area (Å²) in [5, 5.41) is 13.9. The number of carboxylic acids is 1. The van der Waals surface area contributed by atoms with Crippen LogP contribution < -0.4 is 10.6 Å². The maximum atomic E-state index is 13.1. The molecule has 1 rings (SSSR count). The molecule has 0 aliphatic carbocycles. The molecule has 0 saturated carbocycles. The van der Waals surface area contributed by atoms with Crippen molar-refractivity contribution < 1.29 is 19.1 Å². The summed E-state index contributed by atoms with van der Waals surface area (Å²) in [6.07, 6.45) is 0. The largest absolute Gasteiger partial charge is 0.480 e. The highest BCUT2D eigenvalue weighted by atomic mass is 19.1. The molecule has 0 aliphatic rings. The number of anilines is 1. The Hall–Kier alpha value is -2.11. The summed E-state index contributed by atoms with van der Waals surface area (Å²) < 4.78 is 13.1. The quantitative estimate of drug-likeness (QED) is 0.736. The van der Waals surface area contributed by atoms with Gasteiger partial charge in [0, 0.05) is 19.2 Å². The summed E-state index contributed by atoms with van der Waals surface area (Å²) in [5.41, 5.74) is 1.20. The molecule has 1 amide bonds. The van der Waals surface area contributed by atoms with Crippen molar-refractivity contribution >= 4 is 17.6 Å². The van der Waals surface area contributed by atoms with Gasteiger partial charge in [-0.25, -0.2) is 9.18 Å². The standard InChI is InChI=1S/C12H15FN2O3/c1-7-3-9(13)5-10(4-7)14-6-11(12(17)18)15-8(2)16/h3-5,11,14H,6H2,1-2H3,(H,15,16)(H,17,18). The van der Waals surface area contributed by atoms with E-state index in [-0.39, 0.29) is 6.54 Å². The first-order valence-corrected chi connectivity index (χ1v) is 5.39. The van der Waals surface area contributed by atoms with Crippen molar-refractivity contribution in [3.63, 3.8) is 0 Å². The summed E-state index contributed by atoms with van der Waals surface area (Å²) in [4.78, 5) is 21.7. The van der Waals surface area contributed by atoms with Crippen molar-refractivity contribution in [2.75, 3.05) is 11.9 Å². The van der Waals surface area contributed by atoms with E-state index in [0.717, 1.165) is 5.56 Å². The Kier molecular flexibility index (Phi) is 4.65. The molecular formula is C12H15FN2O3. The van der Waals surface area contributed by atoms with Crippen molar-refractivity contribution in [1.29, 1.82) is 0 Å². The highest BCUT2D eigenvalue weighted by molar-refractivity contribution is 5.82. The third-order valence-corrected chi connectivity index (χ3v) is 2.23. The predicted molar refractivity (Wildman–Crippen MR) is 64.9 cm³/mol. The number of amides is 1.